The molecule has 1 saturated heterocycles. The topological polar surface area (TPSA) is 48.2 Å². The summed E-state index contributed by atoms with van der Waals surface area (Å²) in [6, 6.07) is 2.61. The van der Waals surface area contributed by atoms with Crippen molar-refractivity contribution in [3.8, 4) is 0 Å². The second kappa shape index (κ2) is 9.96. The molecule has 0 saturated carbocycles. The zero-order chi connectivity index (χ0) is 20.3. The monoisotopic (exact) mass is 524 g/mol. The molecule has 2 aromatic rings. The predicted octanol–water partition coefficient (Wildman–Crippen LogP) is 2.95. The Kier molecular flexibility index (Phi) is 8.15. The Bertz CT molecular complexity index is 827. The number of hydrogen-bond donors (Lipinski definition) is 1. The summed E-state index contributed by atoms with van der Waals surface area (Å²) < 4.78 is 40.7. The van der Waals surface area contributed by atoms with Gasteiger partial charge in [-0.1, -0.05) is 6.07 Å². The highest BCUT2D eigenvalue weighted by Gasteiger charge is 2.41. The Morgan fingerprint density at radius 3 is 2.55 bits per heavy atom. The first-order chi connectivity index (χ1) is 13.3. The predicted molar refractivity (Wildman–Crippen MR) is 119 cm³/mol. The maximum atomic E-state index is 12.9. The number of aliphatic imine (C=N–C) groups is 1. The van der Waals surface area contributed by atoms with Gasteiger partial charge in [-0.3, -0.25) is 9.89 Å². The Labute approximate surface area is 186 Å². The van der Waals surface area contributed by atoms with Crippen LogP contribution < -0.4 is 5.32 Å². The van der Waals surface area contributed by atoms with Crippen molar-refractivity contribution in [3.05, 3.63) is 35.8 Å². The number of guanidine groups is 1. The van der Waals surface area contributed by atoms with Gasteiger partial charge < -0.3 is 14.6 Å². The van der Waals surface area contributed by atoms with E-state index in [1.54, 1.807) is 7.05 Å². The number of halogens is 4. The maximum absolute atomic E-state index is 12.9. The van der Waals surface area contributed by atoms with Gasteiger partial charge in [-0.2, -0.15) is 13.2 Å². The highest BCUT2D eigenvalue weighted by Crippen LogP contribution is 2.25. The number of pyridine rings is 1. The van der Waals surface area contributed by atoms with Gasteiger partial charge in [-0.05, 0) is 25.5 Å². The fourth-order valence-corrected chi connectivity index (χ4v) is 3.49. The summed E-state index contributed by atoms with van der Waals surface area (Å²) in [5, 5.41) is 3.31. The van der Waals surface area contributed by atoms with Crippen LogP contribution in [0, 0.1) is 6.92 Å². The van der Waals surface area contributed by atoms with Crippen LogP contribution in [-0.2, 0) is 6.42 Å². The van der Waals surface area contributed by atoms with Crippen LogP contribution in [0.25, 0.3) is 5.65 Å². The van der Waals surface area contributed by atoms with Crippen molar-refractivity contribution in [2.45, 2.75) is 32.5 Å². The van der Waals surface area contributed by atoms with Crippen LogP contribution >= 0.6 is 24.0 Å². The van der Waals surface area contributed by atoms with Gasteiger partial charge in [0.15, 0.2) is 5.96 Å². The minimum absolute atomic E-state index is 0. The first kappa shape index (κ1) is 23.7. The van der Waals surface area contributed by atoms with Crippen molar-refractivity contribution in [2.75, 3.05) is 39.8 Å². The Balaban J connectivity index is 0.00000300. The second-order valence-corrected chi connectivity index (χ2v) is 7.12. The van der Waals surface area contributed by atoms with Gasteiger partial charge in [0, 0.05) is 58.6 Å². The first-order valence-electron chi connectivity index (χ1n) is 9.49. The van der Waals surface area contributed by atoms with Crippen LogP contribution in [-0.4, -0.2) is 77.1 Å². The zero-order valence-corrected chi connectivity index (χ0v) is 19.2. The molecule has 0 bridgehead atoms. The standard InChI is InChI=1S/C19H27F3N6.HI/c1-14-5-4-8-28-13-16(25-17(14)28)6-7-24-18(23-3)27-11-9-26(10-12-27)15(2)19(20,21)22;/h4-5,8,13,15H,6-7,9-12H2,1-3H3,(H,23,24);1H. The van der Waals surface area contributed by atoms with E-state index >= 15 is 0 Å². The molecule has 1 aliphatic rings. The van der Waals surface area contributed by atoms with Crippen LogP contribution in [0.1, 0.15) is 18.2 Å². The lowest BCUT2D eigenvalue weighted by Gasteiger charge is -2.39. The van der Waals surface area contributed by atoms with E-state index in [-0.39, 0.29) is 24.0 Å². The lowest BCUT2D eigenvalue weighted by molar-refractivity contribution is -0.181. The average molecular weight is 524 g/mol. The van der Waals surface area contributed by atoms with Crippen molar-refractivity contribution in [1.82, 2.24) is 24.5 Å². The van der Waals surface area contributed by atoms with E-state index in [4.69, 9.17) is 0 Å². The molecule has 162 valence electrons. The quantitative estimate of drug-likeness (QED) is 0.380. The molecule has 29 heavy (non-hydrogen) atoms. The van der Waals surface area contributed by atoms with Gasteiger partial charge in [0.25, 0.3) is 0 Å². The van der Waals surface area contributed by atoms with Crippen LogP contribution in [0.2, 0.25) is 0 Å². The lowest BCUT2D eigenvalue weighted by Crippen LogP contribution is -2.56. The molecule has 1 fully saturated rings. The number of nitrogens with zero attached hydrogens (tertiary/aromatic N) is 5. The summed E-state index contributed by atoms with van der Waals surface area (Å²) in [5.74, 6) is 0.722. The molecule has 0 aliphatic carbocycles. The van der Waals surface area contributed by atoms with Gasteiger partial charge in [0.2, 0.25) is 0 Å². The highest BCUT2D eigenvalue weighted by molar-refractivity contribution is 14.0. The van der Waals surface area contributed by atoms with Crippen LogP contribution in [0.15, 0.2) is 29.5 Å². The van der Waals surface area contributed by atoms with Crippen LogP contribution in [0.3, 0.4) is 0 Å². The molecule has 3 rings (SSSR count). The van der Waals surface area contributed by atoms with E-state index < -0.39 is 12.2 Å². The zero-order valence-electron chi connectivity index (χ0n) is 16.9. The van der Waals surface area contributed by atoms with E-state index in [0.717, 1.165) is 29.3 Å². The van der Waals surface area contributed by atoms with Gasteiger partial charge in [0.05, 0.1) is 5.69 Å². The summed E-state index contributed by atoms with van der Waals surface area (Å²) in [6.07, 6.45) is 0.552. The van der Waals surface area contributed by atoms with Crippen molar-refractivity contribution < 1.29 is 13.2 Å². The third-order valence-corrected chi connectivity index (χ3v) is 5.24. The number of nitrogens with one attached hydrogen (secondary N) is 1. The summed E-state index contributed by atoms with van der Waals surface area (Å²) in [6.45, 7) is 5.70. The Morgan fingerprint density at radius 2 is 1.97 bits per heavy atom. The van der Waals surface area contributed by atoms with Crippen molar-refractivity contribution in [2.24, 2.45) is 4.99 Å². The Morgan fingerprint density at radius 1 is 1.28 bits per heavy atom. The molecule has 1 N–H and O–H groups in total. The largest absolute Gasteiger partial charge is 0.403 e. The van der Waals surface area contributed by atoms with E-state index in [1.165, 1.54) is 11.8 Å². The molecule has 1 aliphatic heterocycles. The SMILES string of the molecule is CN=C(NCCc1cn2cccc(C)c2n1)N1CCN(C(C)C(F)(F)F)CC1.I. The number of imidazole rings is 1. The van der Waals surface area contributed by atoms with Crippen molar-refractivity contribution >= 4 is 35.6 Å². The van der Waals surface area contributed by atoms with Crippen molar-refractivity contribution in [3.63, 3.8) is 0 Å². The fraction of sp³-hybridized carbons (Fsp3) is 0.579. The number of piperazine rings is 1. The minimum atomic E-state index is -4.19. The van der Waals surface area contributed by atoms with Crippen molar-refractivity contribution in [1.29, 1.82) is 0 Å². The number of alkyl halides is 3. The summed E-state index contributed by atoms with van der Waals surface area (Å²) in [4.78, 5) is 12.4. The molecule has 0 spiro atoms. The number of fused-ring (bicyclic) bond motifs is 1. The lowest BCUT2D eigenvalue weighted by atomic mass is 10.2. The maximum Gasteiger partial charge on any atom is 0.403 e. The van der Waals surface area contributed by atoms with Crippen LogP contribution in [0.5, 0.6) is 0 Å². The minimum Gasteiger partial charge on any atom is -0.356 e. The van der Waals surface area contributed by atoms with Crippen LogP contribution in [0.4, 0.5) is 13.2 Å². The number of rotatable bonds is 4. The molecule has 2 aromatic heterocycles. The number of hydrogen-bond acceptors (Lipinski definition) is 3. The fourth-order valence-electron chi connectivity index (χ4n) is 3.49. The smallest absolute Gasteiger partial charge is 0.356 e. The first-order valence-corrected chi connectivity index (χ1v) is 9.49. The molecule has 10 heteroatoms. The second-order valence-electron chi connectivity index (χ2n) is 7.12. The molecule has 3 heterocycles. The summed E-state index contributed by atoms with van der Waals surface area (Å²) >= 11 is 0. The number of aromatic nitrogens is 2. The van der Waals surface area contributed by atoms with E-state index in [0.29, 0.717) is 32.7 Å². The van der Waals surface area contributed by atoms with E-state index in [2.05, 4.69) is 15.3 Å². The molecule has 0 amide bonds. The Hall–Kier alpha value is -1.56. The molecule has 6 nitrogen and oxygen atoms in total. The average Bonchev–Trinajstić information content (AvgIpc) is 3.08. The van der Waals surface area contributed by atoms with E-state index in [9.17, 15) is 13.2 Å². The number of aryl methyl sites for hydroxylation is 1. The molecular weight excluding hydrogens is 496 g/mol. The van der Waals surface area contributed by atoms with Gasteiger partial charge in [-0.25, -0.2) is 4.98 Å². The normalized spacial score (nSPS) is 17.3. The summed E-state index contributed by atoms with van der Waals surface area (Å²) in [7, 11) is 1.70. The summed E-state index contributed by atoms with van der Waals surface area (Å²) in [5.41, 5.74) is 3.07. The third-order valence-electron chi connectivity index (χ3n) is 5.24. The van der Waals surface area contributed by atoms with Gasteiger partial charge in [0.1, 0.15) is 11.7 Å². The third kappa shape index (κ3) is 5.74. The van der Waals surface area contributed by atoms with Gasteiger partial charge in [-0.15, -0.1) is 24.0 Å². The highest BCUT2D eigenvalue weighted by atomic mass is 127. The van der Waals surface area contributed by atoms with E-state index in [1.807, 2.05) is 40.8 Å². The molecule has 1 unspecified atom stereocenters. The molecule has 0 aromatic carbocycles. The molecule has 1 atom stereocenters. The molecule has 0 radical (unpaired) electrons. The molecular formula is C19H28F3IN6. The van der Waals surface area contributed by atoms with Gasteiger partial charge >= 0.3 is 6.18 Å².